The Balaban J connectivity index is 1.19. The van der Waals surface area contributed by atoms with Crippen LogP contribution < -0.4 is 4.90 Å². The van der Waals surface area contributed by atoms with Gasteiger partial charge >= 0.3 is 0 Å². The Morgan fingerprint density at radius 3 is 1.55 bits per heavy atom. The highest BCUT2D eigenvalue weighted by Crippen LogP contribution is 2.51. The molecule has 10 aromatic carbocycles. The Kier molecular flexibility index (Phi) is 7.75. The van der Waals surface area contributed by atoms with E-state index in [9.17, 15) is 0 Å². The zero-order valence-corrected chi connectivity index (χ0v) is 31.4. The third kappa shape index (κ3) is 5.30. The van der Waals surface area contributed by atoms with E-state index in [-0.39, 0.29) is 0 Å². The van der Waals surface area contributed by atoms with E-state index in [1.807, 2.05) is 11.3 Å². The van der Waals surface area contributed by atoms with Crippen molar-refractivity contribution in [3.63, 3.8) is 0 Å². The fraction of sp³-hybridized carbons (Fsp3) is 0. The summed E-state index contributed by atoms with van der Waals surface area (Å²) in [4.78, 5) is 2.49. The zero-order valence-electron chi connectivity index (χ0n) is 30.6. The number of hydrogen-bond acceptors (Lipinski definition) is 2. The normalized spacial score (nSPS) is 11.6. The van der Waals surface area contributed by atoms with Gasteiger partial charge in [0.15, 0.2) is 0 Å². The molecule has 0 amide bonds. The Morgan fingerprint density at radius 1 is 0.304 bits per heavy atom. The molecule has 0 unspecified atom stereocenters. The summed E-state index contributed by atoms with van der Waals surface area (Å²) < 4.78 is 2.65. The Hall–Kier alpha value is -7.00. The largest absolute Gasteiger partial charge is 0.309 e. The molecule has 56 heavy (non-hydrogen) atoms. The van der Waals surface area contributed by atoms with Crippen molar-refractivity contribution in [2.24, 2.45) is 0 Å². The second-order valence-corrected chi connectivity index (χ2v) is 15.5. The average Bonchev–Trinajstić information content (AvgIpc) is 3.66. The molecule has 0 aliphatic rings. The lowest BCUT2D eigenvalue weighted by Crippen LogP contribution is -2.12. The summed E-state index contributed by atoms with van der Waals surface area (Å²) in [5, 5.41) is 10.0. The predicted octanol–water partition coefficient (Wildman–Crippen LogP) is 16.0. The van der Waals surface area contributed by atoms with Crippen LogP contribution in [0.5, 0.6) is 0 Å². The molecule has 0 aliphatic heterocycles. The van der Waals surface area contributed by atoms with Crippen LogP contribution in [0.2, 0.25) is 0 Å². The lowest BCUT2D eigenvalue weighted by molar-refractivity contribution is 1.30. The van der Waals surface area contributed by atoms with Gasteiger partial charge in [-0.05, 0) is 85.1 Å². The van der Waals surface area contributed by atoms with Gasteiger partial charge in [0.2, 0.25) is 0 Å². The van der Waals surface area contributed by atoms with Crippen molar-refractivity contribution in [2.45, 2.75) is 0 Å². The maximum Gasteiger partial charge on any atom is 0.0625 e. The number of anilines is 3. The molecule has 262 valence electrons. The molecular formula is C54H35NS. The van der Waals surface area contributed by atoms with Gasteiger partial charge in [-0.25, -0.2) is 0 Å². The van der Waals surface area contributed by atoms with Gasteiger partial charge in [-0.3, -0.25) is 0 Å². The van der Waals surface area contributed by atoms with Gasteiger partial charge < -0.3 is 4.90 Å². The molecule has 0 N–H and O–H groups in total. The monoisotopic (exact) mass is 729 g/mol. The first-order valence-electron chi connectivity index (χ1n) is 19.2. The van der Waals surface area contributed by atoms with Gasteiger partial charge in [0.25, 0.3) is 0 Å². The molecular weight excluding hydrogens is 695 g/mol. The maximum atomic E-state index is 2.49. The summed E-state index contributed by atoms with van der Waals surface area (Å²) in [6.45, 7) is 0. The fourth-order valence-corrected chi connectivity index (χ4v) is 9.91. The van der Waals surface area contributed by atoms with Gasteiger partial charge in [-0.1, -0.05) is 182 Å². The Morgan fingerprint density at radius 2 is 0.804 bits per heavy atom. The Bertz CT molecular complexity index is 3230. The van der Waals surface area contributed by atoms with E-state index >= 15 is 0 Å². The molecule has 0 spiro atoms. The smallest absolute Gasteiger partial charge is 0.0625 e. The number of rotatable bonds is 6. The first-order chi connectivity index (χ1) is 27.8. The highest BCUT2D eigenvalue weighted by molar-refractivity contribution is 7.26. The van der Waals surface area contributed by atoms with Crippen LogP contribution in [0.3, 0.4) is 0 Å². The molecule has 0 saturated heterocycles. The van der Waals surface area contributed by atoms with E-state index in [4.69, 9.17) is 0 Å². The summed E-state index contributed by atoms with van der Waals surface area (Å²) in [6.07, 6.45) is 0. The molecule has 11 rings (SSSR count). The van der Waals surface area contributed by atoms with Gasteiger partial charge in [0.1, 0.15) is 0 Å². The predicted molar refractivity (Wildman–Crippen MR) is 243 cm³/mol. The van der Waals surface area contributed by atoms with Gasteiger partial charge in [0.05, 0.1) is 5.69 Å². The molecule has 0 fully saturated rings. The maximum absolute atomic E-state index is 2.49. The van der Waals surface area contributed by atoms with E-state index in [1.54, 1.807) is 0 Å². The van der Waals surface area contributed by atoms with Crippen molar-refractivity contribution in [1.82, 2.24) is 0 Å². The SMILES string of the molecule is c1ccc(-c2ccc(N(c3ccc(-c4cccc5c4sc4ccccc45)cc3)c3c(-c4cccc5ccccc45)c4ccccc4c4ccccc34)cc2)cc1. The number of thiophene rings is 1. The molecule has 2 heteroatoms. The topological polar surface area (TPSA) is 3.24 Å². The van der Waals surface area contributed by atoms with Crippen molar-refractivity contribution in [2.75, 3.05) is 4.90 Å². The molecule has 0 aliphatic carbocycles. The quantitative estimate of drug-likeness (QED) is 0.154. The van der Waals surface area contributed by atoms with E-state index in [2.05, 4.69) is 217 Å². The van der Waals surface area contributed by atoms with E-state index in [0.29, 0.717) is 0 Å². The van der Waals surface area contributed by atoms with E-state index in [0.717, 1.165) is 11.4 Å². The molecule has 0 bridgehead atoms. The molecule has 1 nitrogen and oxygen atoms in total. The minimum Gasteiger partial charge on any atom is -0.309 e. The molecule has 0 saturated carbocycles. The summed E-state index contributed by atoms with van der Waals surface area (Å²) in [5.41, 5.74) is 10.7. The van der Waals surface area contributed by atoms with Crippen LogP contribution in [0.1, 0.15) is 0 Å². The lowest BCUT2D eigenvalue weighted by Gasteiger charge is -2.31. The second kappa shape index (κ2) is 13.4. The summed E-state index contributed by atoms with van der Waals surface area (Å²) >= 11 is 1.88. The van der Waals surface area contributed by atoms with Crippen molar-refractivity contribution in [1.29, 1.82) is 0 Å². The number of fused-ring (bicyclic) bond motifs is 7. The summed E-state index contributed by atoms with van der Waals surface area (Å²) in [5.74, 6) is 0. The van der Waals surface area contributed by atoms with Gasteiger partial charge in [0, 0.05) is 42.5 Å². The van der Waals surface area contributed by atoms with Crippen molar-refractivity contribution < 1.29 is 0 Å². The standard InChI is InChI=1S/C54H35NS/c1-2-14-36(15-3-1)37-28-32-40(33-29-37)55(41-34-30-39(31-35-41)43-24-13-26-50-46-21-10-11-27-51(46)56-54(43)50)53-49-23-9-7-20-45(49)44-19-6-8-22-48(44)52(53)47-25-12-17-38-16-4-5-18-42(38)47/h1-35H. The van der Waals surface area contributed by atoms with Gasteiger partial charge in [-0.15, -0.1) is 11.3 Å². The third-order valence-electron chi connectivity index (χ3n) is 11.3. The molecule has 11 aromatic rings. The van der Waals surface area contributed by atoms with Crippen LogP contribution in [-0.2, 0) is 0 Å². The van der Waals surface area contributed by atoms with Crippen LogP contribution >= 0.6 is 11.3 Å². The van der Waals surface area contributed by atoms with E-state index in [1.165, 1.54) is 91.6 Å². The van der Waals surface area contributed by atoms with E-state index < -0.39 is 0 Å². The van der Waals surface area contributed by atoms with Crippen LogP contribution in [-0.4, -0.2) is 0 Å². The molecule has 0 atom stereocenters. The number of hydrogen-bond donors (Lipinski definition) is 0. The zero-order chi connectivity index (χ0) is 37.0. The number of benzene rings is 10. The van der Waals surface area contributed by atoms with Gasteiger partial charge in [-0.2, -0.15) is 0 Å². The highest BCUT2D eigenvalue weighted by Gasteiger charge is 2.25. The fourth-order valence-electron chi connectivity index (χ4n) is 8.68. The van der Waals surface area contributed by atoms with Crippen molar-refractivity contribution in [3.05, 3.63) is 212 Å². The van der Waals surface area contributed by atoms with Crippen molar-refractivity contribution in [3.8, 4) is 33.4 Å². The lowest BCUT2D eigenvalue weighted by atomic mass is 9.88. The van der Waals surface area contributed by atoms with Crippen LogP contribution in [0.15, 0.2) is 212 Å². The Labute approximate surface area is 330 Å². The van der Waals surface area contributed by atoms with Crippen LogP contribution in [0.4, 0.5) is 17.1 Å². The molecule has 1 heterocycles. The molecule has 0 radical (unpaired) electrons. The van der Waals surface area contributed by atoms with Crippen LogP contribution in [0, 0.1) is 0 Å². The minimum atomic E-state index is 1.10. The first-order valence-corrected chi connectivity index (χ1v) is 20.0. The summed E-state index contributed by atoms with van der Waals surface area (Å²) in [7, 11) is 0. The molecule has 1 aromatic heterocycles. The van der Waals surface area contributed by atoms with Crippen LogP contribution in [0.25, 0.3) is 85.9 Å². The minimum absolute atomic E-state index is 1.10. The third-order valence-corrected chi connectivity index (χ3v) is 12.5. The second-order valence-electron chi connectivity index (χ2n) is 14.4. The number of nitrogens with zero attached hydrogens (tertiary/aromatic N) is 1. The summed E-state index contributed by atoms with van der Waals surface area (Å²) in [6, 6.07) is 77.8. The first kappa shape index (κ1) is 32.4. The highest BCUT2D eigenvalue weighted by atomic mass is 32.1. The average molecular weight is 730 g/mol. The van der Waals surface area contributed by atoms with Crippen molar-refractivity contribution >= 4 is 80.9 Å².